The lowest BCUT2D eigenvalue weighted by atomic mass is 9.79. The predicted molar refractivity (Wildman–Crippen MR) is 208 cm³/mol. The van der Waals surface area contributed by atoms with Gasteiger partial charge in [0.05, 0.1) is 0 Å². The fourth-order valence-electron chi connectivity index (χ4n) is 8.69. The van der Waals surface area contributed by atoms with E-state index in [1.807, 2.05) is 0 Å². The van der Waals surface area contributed by atoms with Gasteiger partial charge in [-0.15, -0.1) is 0 Å². The number of allylic oxidation sites excluding steroid dienone is 16. The summed E-state index contributed by atoms with van der Waals surface area (Å²) >= 11 is 0. The number of hydrogen-bond donors (Lipinski definition) is 0. The lowest BCUT2D eigenvalue weighted by molar-refractivity contribution is 0.546. The van der Waals surface area contributed by atoms with Gasteiger partial charge in [-0.3, -0.25) is 0 Å². The third-order valence-electron chi connectivity index (χ3n) is 11.6. The maximum atomic E-state index is 6.36. The van der Waals surface area contributed by atoms with Crippen molar-refractivity contribution in [2.24, 2.45) is 5.92 Å². The summed E-state index contributed by atoms with van der Waals surface area (Å²) in [4.78, 5) is 15.5. The molecule has 4 aromatic rings. The van der Waals surface area contributed by atoms with Gasteiger partial charge in [0.15, 0.2) is 11.6 Å². The van der Waals surface area contributed by atoms with Gasteiger partial charge in [-0.05, 0) is 114 Å². The quantitative estimate of drug-likeness (QED) is 0.213. The SMILES string of the molecule is C1=CC2=C(C=CC(C3=CCC(c4nc(C5=CC=C(C6=Cc7ccccc7CC6)CC5)nc(-c5ccc6c7c(oc6c5)CCC=C7)n4)C=C3)C2)CC1. The highest BCUT2D eigenvalue weighted by Gasteiger charge is 2.25. The molecule has 0 fully saturated rings. The van der Waals surface area contributed by atoms with E-state index in [4.69, 9.17) is 19.4 Å². The average molecular weight is 664 g/mol. The monoisotopic (exact) mass is 663 g/mol. The summed E-state index contributed by atoms with van der Waals surface area (Å²) in [6, 6.07) is 15.2. The van der Waals surface area contributed by atoms with Gasteiger partial charge < -0.3 is 4.42 Å². The number of hydrogen-bond acceptors (Lipinski definition) is 4. The molecule has 2 aromatic heterocycles. The van der Waals surface area contributed by atoms with E-state index in [1.165, 1.54) is 56.5 Å². The highest BCUT2D eigenvalue weighted by molar-refractivity contribution is 5.91. The van der Waals surface area contributed by atoms with E-state index in [-0.39, 0.29) is 5.92 Å². The van der Waals surface area contributed by atoms with E-state index in [9.17, 15) is 0 Å². The summed E-state index contributed by atoms with van der Waals surface area (Å²) < 4.78 is 6.36. The lowest BCUT2D eigenvalue weighted by Crippen LogP contribution is -2.13. The largest absolute Gasteiger partial charge is 0.460 e. The molecule has 10 rings (SSSR count). The van der Waals surface area contributed by atoms with Gasteiger partial charge in [0.25, 0.3) is 0 Å². The fraction of sp³-hybridized carbons (Fsp3) is 0.255. The molecule has 0 aliphatic heterocycles. The van der Waals surface area contributed by atoms with Crippen LogP contribution >= 0.6 is 0 Å². The summed E-state index contributed by atoms with van der Waals surface area (Å²) in [5.74, 6) is 3.93. The van der Waals surface area contributed by atoms with Crippen LogP contribution in [-0.2, 0) is 12.8 Å². The Morgan fingerprint density at radius 3 is 2.43 bits per heavy atom. The van der Waals surface area contributed by atoms with Gasteiger partial charge in [0.2, 0.25) is 0 Å². The van der Waals surface area contributed by atoms with Crippen molar-refractivity contribution in [2.75, 3.05) is 0 Å². The number of rotatable bonds is 5. The Labute approximate surface area is 299 Å². The highest BCUT2D eigenvalue weighted by atomic mass is 16.3. The van der Waals surface area contributed by atoms with Crippen molar-refractivity contribution in [3.8, 4) is 11.4 Å². The van der Waals surface area contributed by atoms with Crippen molar-refractivity contribution in [1.29, 1.82) is 0 Å². The Bertz CT molecular complexity index is 2380. The molecule has 2 unspecified atom stereocenters. The van der Waals surface area contributed by atoms with Gasteiger partial charge >= 0.3 is 0 Å². The Kier molecular flexibility index (Phi) is 7.62. The van der Waals surface area contributed by atoms with E-state index in [1.54, 1.807) is 0 Å². The molecule has 2 heterocycles. The van der Waals surface area contributed by atoms with Crippen molar-refractivity contribution in [2.45, 2.75) is 70.1 Å². The third kappa shape index (κ3) is 5.77. The van der Waals surface area contributed by atoms with Crippen LogP contribution in [-0.4, -0.2) is 15.0 Å². The normalized spacial score (nSPS) is 22.2. The van der Waals surface area contributed by atoms with Gasteiger partial charge in [0.1, 0.15) is 17.2 Å². The number of aromatic nitrogens is 3. The number of furan rings is 1. The van der Waals surface area contributed by atoms with Crippen molar-refractivity contribution in [3.05, 3.63) is 165 Å². The Morgan fingerprint density at radius 1 is 0.667 bits per heavy atom. The Morgan fingerprint density at radius 2 is 1.51 bits per heavy atom. The molecule has 250 valence electrons. The summed E-state index contributed by atoms with van der Waals surface area (Å²) in [6.07, 6.45) is 38.3. The maximum absolute atomic E-state index is 6.36. The van der Waals surface area contributed by atoms with E-state index in [0.717, 1.165) is 91.7 Å². The Hall–Kier alpha value is -5.35. The topological polar surface area (TPSA) is 51.8 Å². The summed E-state index contributed by atoms with van der Waals surface area (Å²) in [7, 11) is 0. The molecule has 4 heteroatoms. The minimum Gasteiger partial charge on any atom is -0.460 e. The molecule has 0 amide bonds. The van der Waals surface area contributed by atoms with Crippen molar-refractivity contribution >= 4 is 28.7 Å². The third-order valence-corrected chi connectivity index (χ3v) is 11.6. The van der Waals surface area contributed by atoms with Crippen molar-refractivity contribution < 1.29 is 4.42 Å². The number of fused-ring (bicyclic) bond motifs is 4. The molecule has 2 atom stereocenters. The zero-order chi connectivity index (χ0) is 33.7. The zero-order valence-corrected chi connectivity index (χ0v) is 28.9. The summed E-state index contributed by atoms with van der Waals surface area (Å²) in [6.45, 7) is 0. The minimum absolute atomic E-state index is 0.0960. The number of aryl methyl sites for hydroxylation is 2. The van der Waals surface area contributed by atoms with E-state index in [0.29, 0.717) is 11.7 Å². The molecule has 51 heavy (non-hydrogen) atoms. The second-order valence-corrected chi connectivity index (χ2v) is 14.8. The molecule has 0 bridgehead atoms. The molecule has 0 saturated heterocycles. The van der Waals surface area contributed by atoms with Crippen LogP contribution in [0, 0.1) is 5.92 Å². The van der Waals surface area contributed by atoms with Crippen LogP contribution in [0.2, 0.25) is 0 Å². The number of benzene rings is 2. The summed E-state index contributed by atoms with van der Waals surface area (Å²) in [5.41, 5.74) is 14.4. The maximum Gasteiger partial charge on any atom is 0.163 e. The minimum atomic E-state index is 0.0960. The molecule has 0 saturated carbocycles. The van der Waals surface area contributed by atoms with Crippen LogP contribution in [0.15, 0.2) is 136 Å². The Balaban J connectivity index is 0.980. The van der Waals surface area contributed by atoms with Crippen LogP contribution in [0.4, 0.5) is 0 Å². The van der Waals surface area contributed by atoms with Crippen LogP contribution in [0.1, 0.15) is 91.4 Å². The van der Waals surface area contributed by atoms with E-state index < -0.39 is 0 Å². The molecule has 0 radical (unpaired) electrons. The second kappa shape index (κ2) is 12.8. The molecule has 6 aliphatic carbocycles. The van der Waals surface area contributed by atoms with Gasteiger partial charge in [0, 0.05) is 34.8 Å². The van der Waals surface area contributed by atoms with Gasteiger partial charge in [-0.2, -0.15) is 0 Å². The standard InChI is InChI=1S/C47H41N3O/c1-3-9-36-27-38(23-17-30(36)7-1)32-13-19-34(20-14-32)45-48-46(35-21-15-33(16-22-35)39-24-18-31-8-2-4-10-37(31)28-39)50-47(49-45)40-25-26-42-41-11-5-6-12-43(41)51-44(42)29-40/h1,3-5,7,9-11,13,15-16,18-19,21,24-27,29,35,39H,2,6,8,12,14,17,20,22-23,28H2. The first-order valence-electron chi connectivity index (χ1n) is 18.8. The molecule has 0 N–H and O–H groups in total. The number of nitrogens with zero attached hydrogens (tertiary/aromatic N) is 3. The molecule has 0 spiro atoms. The predicted octanol–water partition coefficient (Wildman–Crippen LogP) is 11.6. The smallest absolute Gasteiger partial charge is 0.163 e. The van der Waals surface area contributed by atoms with E-state index >= 15 is 0 Å². The molecular formula is C47H41N3O. The van der Waals surface area contributed by atoms with Crippen molar-refractivity contribution in [3.63, 3.8) is 0 Å². The highest BCUT2D eigenvalue weighted by Crippen LogP contribution is 2.39. The lowest BCUT2D eigenvalue weighted by Gasteiger charge is -2.26. The molecule has 4 nitrogen and oxygen atoms in total. The van der Waals surface area contributed by atoms with Crippen LogP contribution in [0.5, 0.6) is 0 Å². The van der Waals surface area contributed by atoms with Crippen LogP contribution in [0.25, 0.3) is 40.1 Å². The zero-order valence-electron chi connectivity index (χ0n) is 28.9. The first kappa shape index (κ1) is 30.5. The molecular weight excluding hydrogens is 623 g/mol. The van der Waals surface area contributed by atoms with Gasteiger partial charge in [-0.1, -0.05) is 103 Å². The molecule has 6 aliphatic rings. The van der Waals surface area contributed by atoms with Gasteiger partial charge in [-0.25, -0.2) is 15.0 Å². The van der Waals surface area contributed by atoms with Crippen LogP contribution < -0.4 is 0 Å². The second-order valence-electron chi connectivity index (χ2n) is 14.8. The van der Waals surface area contributed by atoms with E-state index in [2.05, 4.69) is 115 Å². The first-order valence-corrected chi connectivity index (χ1v) is 18.8. The average Bonchev–Trinajstić information content (AvgIpc) is 3.58. The molecule has 2 aromatic carbocycles. The van der Waals surface area contributed by atoms with Crippen molar-refractivity contribution in [1.82, 2.24) is 15.0 Å². The van der Waals surface area contributed by atoms with Crippen LogP contribution in [0.3, 0.4) is 0 Å². The first-order chi connectivity index (χ1) is 25.2. The fourth-order valence-corrected chi connectivity index (χ4v) is 8.69. The summed E-state index contributed by atoms with van der Waals surface area (Å²) in [5, 5.41) is 1.16.